The van der Waals surface area contributed by atoms with Gasteiger partial charge in [0.1, 0.15) is 17.4 Å². The Labute approximate surface area is 158 Å². The number of halogens is 3. The van der Waals surface area contributed by atoms with Crippen LogP contribution in [0.15, 0.2) is 65.8 Å². The van der Waals surface area contributed by atoms with Gasteiger partial charge in [0.2, 0.25) is 5.88 Å². The summed E-state index contributed by atoms with van der Waals surface area (Å²) in [6, 6.07) is 13.5. The second kappa shape index (κ2) is 8.57. The minimum absolute atomic E-state index is 0.0168. The van der Waals surface area contributed by atoms with Gasteiger partial charge in [-0.2, -0.15) is 0 Å². The Morgan fingerprint density at radius 2 is 1.78 bits per heavy atom. The summed E-state index contributed by atoms with van der Waals surface area (Å²) in [5.74, 6) is -0.521. The summed E-state index contributed by atoms with van der Waals surface area (Å²) < 4.78 is 32.9. The van der Waals surface area contributed by atoms with E-state index in [4.69, 9.17) is 16.3 Å². The minimum Gasteiger partial charge on any atom is -0.439 e. The molecule has 0 saturated carbocycles. The van der Waals surface area contributed by atoms with Gasteiger partial charge < -0.3 is 4.74 Å². The third kappa shape index (κ3) is 4.78. The standard InChI is InChI=1S/C19H14ClF2N3O2/c20-13-5-7-14(8-6-13)27-18-9-4-12(10-23-18)19(25-26)24-11-15-16(21)2-1-3-17(15)22/h1-10,26H,11H2,(H,24,25). The quantitative estimate of drug-likeness (QED) is 0.376. The van der Waals surface area contributed by atoms with Gasteiger partial charge in [-0.3, -0.25) is 15.7 Å². The first-order valence-corrected chi connectivity index (χ1v) is 8.22. The van der Waals surface area contributed by atoms with E-state index in [2.05, 4.69) is 9.98 Å². The molecule has 27 heavy (non-hydrogen) atoms. The summed E-state index contributed by atoms with van der Waals surface area (Å²) >= 11 is 5.82. The molecule has 0 aliphatic heterocycles. The number of hydrogen-bond donors (Lipinski definition) is 2. The number of benzene rings is 2. The van der Waals surface area contributed by atoms with Crippen LogP contribution < -0.4 is 10.2 Å². The van der Waals surface area contributed by atoms with Crippen molar-refractivity contribution in [3.63, 3.8) is 0 Å². The summed E-state index contributed by atoms with van der Waals surface area (Å²) in [5, 5.41) is 9.88. The molecule has 3 rings (SSSR count). The highest BCUT2D eigenvalue weighted by Gasteiger charge is 2.10. The van der Waals surface area contributed by atoms with Crippen molar-refractivity contribution >= 4 is 17.4 Å². The highest BCUT2D eigenvalue weighted by atomic mass is 35.5. The molecule has 2 aromatic carbocycles. The molecular weight excluding hydrogens is 376 g/mol. The van der Waals surface area contributed by atoms with Gasteiger partial charge in [0.25, 0.3) is 0 Å². The number of rotatable bonds is 5. The Morgan fingerprint density at radius 1 is 1.07 bits per heavy atom. The Bertz CT molecular complexity index is 928. The fourth-order valence-electron chi connectivity index (χ4n) is 2.24. The van der Waals surface area contributed by atoms with Crippen molar-refractivity contribution in [2.24, 2.45) is 4.99 Å². The van der Waals surface area contributed by atoms with Crippen LogP contribution in [0.3, 0.4) is 0 Å². The van der Waals surface area contributed by atoms with Crippen LogP contribution in [0.5, 0.6) is 11.6 Å². The summed E-state index contributed by atoms with van der Waals surface area (Å²) in [5.41, 5.74) is 2.13. The van der Waals surface area contributed by atoms with E-state index in [-0.39, 0.29) is 17.9 Å². The van der Waals surface area contributed by atoms with Crippen molar-refractivity contribution in [3.8, 4) is 11.6 Å². The Morgan fingerprint density at radius 3 is 2.37 bits per heavy atom. The van der Waals surface area contributed by atoms with Gasteiger partial charge in [0.05, 0.1) is 6.54 Å². The largest absolute Gasteiger partial charge is 0.439 e. The van der Waals surface area contributed by atoms with E-state index >= 15 is 0 Å². The van der Waals surface area contributed by atoms with E-state index in [9.17, 15) is 14.0 Å². The number of aromatic nitrogens is 1. The van der Waals surface area contributed by atoms with Crippen molar-refractivity contribution in [1.29, 1.82) is 0 Å². The van der Waals surface area contributed by atoms with Gasteiger partial charge in [-0.1, -0.05) is 17.7 Å². The molecule has 0 amide bonds. The van der Waals surface area contributed by atoms with Crippen LogP contribution in [0.1, 0.15) is 11.1 Å². The number of nitrogens with one attached hydrogen (secondary N) is 1. The Kier molecular flexibility index (Phi) is 5.95. The van der Waals surface area contributed by atoms with Gasteiger partial charge in [-0.15, -0.1) is 0 Å². The molecule has 0 spiro atoms. The van der Waals surface area contributed by atoms with Crippen molar-refractivity contribution < 1.29 is 18.7 Å². The van der Waals surface area contributed by atoms with Crippen LogP contribution in [0.25, 0.3) is 0 Å². The number of ether oxygens (including phenoxy) is 1. The summed E-state index contributed by atoms with van der Waals surface area (Å²) in [4.78, 5) is 8.13. The molecule has 2 N–H and O–H groups in total. The Balaban J connectivity index is 1.74. The molecule has 0 atom stereocenters. The van der Waals surface area contributed by atoms with E-state index in [0.717, 1.165) is 12.1 Å². The predicted molar refractivity (Wildman–Crippen MR) is 97.3 cm³/mol. The molecule has 0 aliphatic rings. The molecule has 1 heterocycles. The zero-order valence-corrected chi connectivity index (χ0v) is 14.6. The maximum atomic E-state index is 13.7. The lowest BCUT2D eigenvalue weighted by Gasteiger charge is -2.08. The number of hydroxylamine groups is 1. The number of hydrogen-bond acceptors (Lipinski definition) is 4. The molecule has 138 valence electrons. The molecule has 3 aromatic rings. The average molecular weight is 390 g/mol. The fourth-order valence-corrected chi connectivity index (χ4v) is 2.36. The lowest BCUT2D eigenvalue weighted by molar-refractivity contribution is 0.234. The molecule has 0 bridgehead atoms. The first-order chi connectivity index (χ1) is 13.1. The molecule has 0 saturated heterocycles. The summed E-state index contributed by atoms with van der Waals surface area (Å²) in [6.45, 7) is -0.287. The highest BCUT2D eigenvalue weighted by molar-refractivity contribution is 6.30. The number of amidine groups is 1. The molecule has 5 nitrogen and oxygen atoms in total. The highest BCUT2D eigenvalue weighted by Crippen LogP contribution is 2.21. The molecule has 8 heteroatoms. The second-order valence-electron chi connectivity index (χ2n) is 5.42. The fraction of sp³-hybridized carbons (Fsp3) is 0.0526. The SMILES string of the molecule is ONC(=NCc1c(F)cccc1F)c1ccc(Oc2ccc(Cl)cc2)nc1. The zero-order chi connectivity index (χ0) is 19.2. The van der Waals surface area contributed by atoms with Crippen LogP contribution in [0.2, 0.25) is 5.02 Å². The molecule has 1 aromatic heterocycles. The minimum atomic E-state index is -0.708. The lowest BCUT2D eigenvalue weighted by Crippen LogP contribution is -2.21. The number of aliphatic imine (C=N–C) groups is 1. The smallest absolute Gasteiger partial charge is 0.219 e. The summed E-state index contributed by atoms with van der Waals surface area (Å²) in [6.07, 6.45) is 1.41. The molecule has 0 radical (unpaired) electrons. The maximum Gasteiger partial charge on any atom is 0.219 e. The third-order valence-electron chi connectivity index (χ3n) is 3.61. The maximum absolute atomic E-state index is 13.7. The van der Waals surface area contributed by atoms with Crippen molar-refractivity contribution in [2.45, 2.75) is 6.54 Å². The van der Waals surface area contributed by atoms with E-state index in [1.165, 1.54) is 12.3 Å². The molecule has 0 fully saturated rings. The van der Waals surface area contributed by atoms with Crippen molar-refractivity contribution in [3.05, 3.63) is 88.6 Å². The van der Waals surface area contributed by atoms with Gasteiger partial charge in [0, 0.05) is 28.4 Å². The molecular formula is C19H14ClF2N3O2. The van der Waals surface area contributed by atoms with Gasteiger partial charge in [-0.25, -0.2) is 13.8 Å². The van der Waals surface area contributed by atoms with Crippen LogP contribution in [-0.2, 0) is 6.54 Å². The number of pyridine rings is 1. The van der Waals surface area contributed by atoms with E-state index < -0.39 is 11.6 Å². The van der Waals surface area contributed by atoms with Crippen molar-refractivity contribution in [1.82, 2.24) is 10.5 Å². The van der Waals surface area contributed by atoms with Gasteiger partial charge in [0.15, 0.2) is 5.84 Å². The monoisotopic (exact) mass is 389 g/mol. The lowest BCUT2D eigenvalue weighted by atomic mass is 10.2. The Hall–Kier alpha value is -3.03. The number of nitrogens with zero attached hydrogens (tertiary/aromatic N) is 2. The van der Waals surface area contributed by atoms with Gasteiger partial charge >= 0.3 is 0 Å². The molecule has 0 unspecified atom stereocenters. The van der Waals surface area contributed by atoms with E-state index in [1.807, 2.05) is 5.48 Å². The average Bonchev–Trinajstić information content (AvgIpc) is 2.67. The van der Waals surface area contributed by atoms with Crippen LogP contribution in [0.4, 0.5) is 8.78 Å². The summed E-state index contributed by atoms with van der Waals surface area (Å²) in [7, 11) is 0. The van der Waals surface area contributed by atoms with Gasteiger partial charge in [-0.05, 0) is 42.5 Å². The van der Waals surface area contributed by atoms with Crippen LogP contribution in [0, 0.1) is 11.6 Å². The zero-order valence-electron chi connectivity index (χ0n) is 13.9. The third-order valence-corrected chi connectivity index (χ3v) is 3.86. The van der Waals surface area contributed by atoms with Crippen molar-refractivity contribution in [2.75, 3.05) is 0 Å². The van der Waals surface area contributed by atoms with E-state index in [0.29, 0.717) is 22.2 Å². The second-order valence-corrected chi connectivity index (χ2v) is 5.85. The van der Waals surface area contributed by atoms with Crippen LogP contribution in [-0.4, -0.2) is 16.0 Å². The van der Waals surface area contributed by atoms with Crippen LogP contribution >= 0.6 is 11.6 Å². The normalized spacial score (nSPS) is 11.3. The predicted octanol–water partition coefficient (Wildman–Crippen LogP) is 4.73. The van der Waals surface area contributed by atoms with E-state index in [1.54, 1.807) is 36.4 Å². The first-order valence-electron chi connectivity index (χ1n) is 7.84. The first kappa shape index (κ1) is 18.8. The topological polar surface area (TPSA) is 66.7 Å². The molecule has 0 aliphatic carbocycles.